The zero-order chi connectivity index (χ0) is 10.4. The van der Waals surface area contributed by atoms with E-state index < -0.39 is 6.09 Å². The standard InChI is InChI=1S/C10H11NO3/c1-14-10(13)11-7-9(12)8-5-3-2-4-6-8/h2-6H,7H2,1H3,(H,11,13). The van der Waals surface area contributed by atoms with E-state index in [1.54, 1.807) is 24.3 Å². The lowest BCUT2D eigenvalue weighted by Gasteiger charge is -2.02. The first-order valence-corrected chi connectivity index (χ1v) is 4.14. The summed E-state index contributed by atoms with van der Waals surface area (Å²) in [7, 11) is 1.25. The molecule has 0 radical (unpaired) electrons. The fourth-order valence-electron chi connectivity index (χ4n) is 0.951. The van der Waals surface area contributed by atoms with Gasteiger partial charge in [0.25, 0.3) is 0 Å². The maximum absolute atomic E-state index is 11.4. The topological polar surface area (TPSA) is 55.4 Å². The first kappa shape index (κ1) is 10.2. The second-order valence-electron chi connectivity index (χ2n) is 2.63. The van der Waals surface area contributed by atoms with Gasteiger partial charge in [-0.15, -0.1) is 0 Å². The molecule has 0 aliphatic carbocycles. The van der Waals surface area contributed by atoms with Gasteiger partial charge in [0.15, 0.2) is 5.78 Å². The molecule has 4 nitrogen and oxygen atoms in total. The van der Waals surface area contributed by atoms with Gasteiger partial charge in [0.2, 0.25) is 0 Å². The van der Waals surface area contributed by atoms with Crippen LogP contribution >= 0.6 is 0 Å². The number of hydrogen-bond acceptors (Lipinski definition) is 3. The zero-order valence-electron chi connectivity index (χ0n) is 7.82. The van der Waals surface area contributed by atoms with Crippen LogP contribution in [0.1, 0.15) is 10.4 Å². The summed E-state index contributed by atoms with van der Waals surface area (Å²) in [5.74, 6) is -0.143. The molecule has 0 aromatic heterocycles. The lowest BCUT2D eigenvalue weighted by molar-refractivity contribution is 0.0983. The van der Waals surface area contributed by atoms with Crippen molar-refractivity contribution in [3.63, 3.8) is 0 Å². The summed E-state index contributed by atoms with van der Waals surface area (Å²) in [5, 5.41) is 2.32. The van der Waals surface area contributed by atoms with E-state index in [1.165, 1.54) is 7.11 Å². The summed E-state index contributed by atoms with van der Waals surface area (Å²) >= 11 is 0. The predicted molar refractivity (Wildman–Crippen MR) is 51.2 cm³/mol. The molecule has 0 aliphatic heterocycles. The molecule has 0 unspecified atom stereocenters. The highest BCUT2D eigenvalue weighted by atomic mass is 16.5. The fourth-order valence-corrected chi connectivity index (χ4v) is 0.951. The molecule has 0 bridgehead atoms. The number of ketones is 1. The van der Waals surface area contributed by atoms with Gasteiger partial charge in [0.1, 0.15) is 0 Å². The molecular formula is C10H11NO3. The molecule has 1 N–H and O–H groups in total. The van der Waals surface area contributed by atoms with Crippen molar-refractivity contribution in [3.8, 4) is 0 Å². The molecule has 0 heterocycles. The van der Waals surface area contributed by atoms with Crippen LogP contribution in [0.3, 0.4) is 0 Å². The van der Waals surface area contributed by atoms with Gasteiger partial charge in [-0.2, -0.15) is 0 Å². The maximum Gasteiger partial charge on any atom is 0.407 e. The Balaban J connectivity index is 2.48. The van der Waals surface area contributed by atoms with Crippen molar-refractivity contribution in [3.05, 3.63) is 35.9 Å². The maximum atomic E-state index is 11.4. The molecule has 0 aliphatic rings. The number of amides is 1. The number of hydrogen-bond donors (Lipinski definition) is 1. The van der Waals surface area contributed by atoms with Gasteiger partial charge >= 0.3 is 6.09 Å². The Morgan fingerprint density at radius 1 is 1.29 bits per heavy atom. The summed E-state index contributed by atoms with van der Waals surface area (Å²) in [5.41, 5.74) is 0.573. The number of Topliss-reactive ketones (excluding diaryl/α,β-unsaturated/α-hetero) is 1. The highest BCUT2D eigenvalue weighted by molar-refractivity contribution is 5.98. The molecule has 0 fully saturated rings. The van der Waals surface area contributed by atoms with Gasteiger partial charge in [-0.1, -0.05) is 30.3 Å². The summed E-state index contributed by atoms with van der Waals surface area (Å²) in [6, 6.07) is 8.75. The first-order chi connectivity index (χ1) is 6.74. The third-order valence-corrected chi connectivity index (χ3v) is 1.67. The normalized spacial score (nSPS) is 9.21. The van der Waals surface area contributed by atoms with E-state index in [4.69, 9.17) is 0 Å². The Labute approximate surface area is 81.9 Å². The van der Waals surface area contributed by atoms with Crippen molar-refractivity contribution in [1.29, 1.82) is 0 Å². The third kappa shape index (κ3) is 2.90. The highest BCUT2D eigenvalue weighted by Crippen LogP contribution is 1.98. The lowest BCUT2D eigenvalue weighted by atomic mass is 10.1. The van der Waals surface area contributed by atoms with E-state index in [1.807, 2.05) is 6.07 Å². The number of carbonyl (C=O) groups excluding carboxylic acids is 2. The smallest absolute Gasteiger partial charge is 0.407 e. The van der Waals surface area contributed by atoms with Crippen LogP contribution in [0.15, 0.2) is 30.3 Å². The van der Waals surface area contributed by atoms with Crippen molar-refractivity contribution in [2.45, 2.75) is 0 Å². The minimum Gasteiger partial charge on any atom is -0.453 e. The highest BCUT2D eigenvalue weighted by Gasteiger charge is 2.06. The number of ether oxygens (including phenoxy) is 1. The second-order valence-corrected chi connectivity index (χ2v) is 2.63. The molecular weight excluding hydrogens is 182 g/mol. The molecule has 1 aromatic carbocycles. The average molecular weight is 193 g/mol. The van der Waals surface area contributed by atoms with E-state index in [0.717, 1.165) is 0 Å². The Morgan fingerprint density at radius 2 is 1.93 bits per heavy atom. The van der Waals surface area contributed by atoms with Crippen molar-refractivity contribution in [2.24, 2.45) is 0 Å². The largest absolute Gasteiger partial charge is 0.453 e. The van der Waals surface area contributed by atoms with Crippen molar-refractivity contribution >= 4 is 11.9 Å². The van der Waals surface area contributed by atoms with Gasteiger partial charge in [-0.3, -0.25) is 4.79 Å². The van der Waals surface area contributed by atoms with Crippen LogP contribution in [0.5, 0.6) is 0 Å². The molecule has 0 atom stereocenters. The minimum absolute atomic E-state index is 0.0450. The third-order valence-electron chi connectivity index (χ3n) is 1.67. The summed E-state index contributed by atoms with van der Waals surface area (Å²) in [4.78, 5) is 22.1. The van der Waals surface area contributed by atoms with Gasteiger partial charge in [-0.25, -0.2) is 4.79 Å². The van der Waals surface area contributed by atoms with E-state index in [2.05, 4.69) is 10.1 Å². The molecule has 0 saturated carbocycles. The number of carbonyl (C=O) groups is 2. The van der Waals surface area contributed by atoms with E-state index >= 15 is 0 Å². The van der Waals surface area contributed by atoms with Gasteiger partial charge in [-0.05, 0) is 0 Å². The Hall–Kier alpha value is -1.84. The molecule has 0 spiro atoms. The predicted octanol–water partition coefficient (Wildman–Crippen LogP) is 1.23. The van der Waals surface area contributed by atoms with Gasteiger partial charge < -0.3 is 10.1 Å². The second kappa shape index (κ2) is 5.01. The van der Waals surface area contributed by atoms with Gasteiger partial charge in [0, 0.05) is 5.56 Å². The van der Waals surface area contributed by atoms with Crippen molar-refractivity contribution in [2.75, 3.05) is 13.7 Å². The molecule has 1 aromatic rings. The molecule has 74 valence electrons. The van der Waals surface area contributed by atoms with E-state index in [9.17, 15) is 9.59 Å². The molecule has 14 heavy (non-hydrogen) atoms. The number of alkyl carbamates (subject to hydrolysis) is 1. The lowest BCUT2D eigenvalue weighted by Crippen LogP contribution is -2.29. The van der Waals surface area contributed by atoms with Crippen molar-refractivity contribution in [1.82, 2.24) is 5.32 Å². The summed E-state index contributed by atoms with van der Waals surface area (Å²) < 4.78 is 4.33. The Bertz CT molecular complexity index is 321. The SMILES string of the molecule is COC(=O)NCC(=O)c1ccccc1. The quantitative estimate of drug-likeness (QED) is 0.734. The number of nitrogens with one attached hydrogen (secondary N) is 1. The number of benzene rings is 1. The monoisotopic (exact) mass is 193 g/mol. The minimum atomic E-state index is -0.603. The van der Waals surface area contributed by atoms with Gasteiger partial charge in [0.05, 0.1) is 13.7 Å². The molecule has 1 amide bonds. The summed E-state index contributed by atoms with van der Waals surface area (Å²) in [6.07, 6.45) is -0.603. The van der Waals surface area contributed by atoms with Crippen LogP contribution in [0.2, 0.25) is 0 Å². The van der Waals surface area contributed by atoms with Crippen LogP contribution in [0, 0.1) is 0 Å². The van der Waals surface area contributed by atoms with Crippen LogP contribution in [0.25, 0.3) is 0 Å². The zero-order valence-corrected chi connectivity index (χ0v) is 7.82. The summed E-state index contributed by atoms with van der Waals surface area (Å²) in [6.45, 7) is -0.0450. The number of rotatable bonds is 3. The Kier molecular flexibility index (Phi) is 3.67. The molecule has 4 heteroatoms. The van der Waals surface area contributed by atoms with Crippen LogP contribution in [-0.4, -0.2) is 25.5 Å². The van der Waals surface area contributed by atoms with E-state index in [0.29, 0.717) is 5.56 Å². The van der Waals surface area contributed by atoms with Crippen LogP contribution < -0.4 is 5.32 Å². The molecule has 0 saturated heterocycles. The first-order valence-electron chi connectivity index (χ1n) is 4.14. The van der Waals surface area contributed by atoms with E-state index in [-0.39, 0.29) is 12.3 Å². The molecule has 1 rings (SSSR count). The Morgan fingerprint density at radius 3 is 2.50 bits per heavy atom. The van der Waals surface area contributed by atoms with Crippen molar-refractivity contribution < 1.29 is 14.3 Å². The average Bonchev–Trinajstić information content (AvgIpc) is 2.26. The fraction of sp³-hybridized carbons (Fsp3) is 0.200. The number of methoxy groups -OCH3 is 1. The van der Waals surface area contributed by atoms with Crippen LogP contribution in [0.4, 0.5) is 4.79 Å². The van der Waals surface area contributed by atoms with Crippen LogP contribution in [-0.2, 0) is 4.74 Å².